The van der Waals surface area contributed by atoms with Gasteiger partial charge in [-0.2, -0.15) is 0 Å². The second-order valence-corrected chi connectivity index (χ2v) is 16.2. The van der Waals surface area contributed by atoms with E-state index in [-0.39, 0.29) is 42.6 Å². The number of fused-ring (bicyclic) bond motifs is 2. The van der Waals surface area contributed by atoms with E-state index in [1.165, 1.54) is 21.1 Å². The molecule has 4 rings (SSSR count). The van der Waals surface area contributed by atoms with Gasteiger partial charge in [-0.25, -0.2) is 19.6 Å². The summed E-state index contributed by atoms with van der Waals surface area (Å²) in [5.74, 6) is -1.08. The number of amides is 2. The molecule has 0 unspecified atom stereocenters. The number of ketones is 1. The maximum atomic E-state index is 12.7. The van der Waals surface area contributed by atoms with Crippen LogP contribution in [0.3, 0.4) is 0 Å². The van der Waals surface area contributed by atoms with Crippen molar-refractivity contribution in [3.63, 3.8) is 0 Å². The topological polar surface area (TPSA) is 192 Å². The lowest BCUT2D eigenvalue weighted by atomic mass is 9.92. The number of pyridine rings is 2. The molecule has 0 saturated heterocycles. The monoisotopic (exact) mass is 802 g/mol. The number of carbonyl (C=O) groups excluding carboxylic acids is 5. The average molecular weight is 803 g/mol. The maximum absolute atomic E-state index is 12.7. The number of esters is 2. The Labute approximate surface area is 340 Å². The van der Waals surface area contributed by atoms with Crippen molar-refractivity contribution in [3.05, 3.63) is 72.1 Å². The van der Waals surface area contributed by atoms with E-state index in [2.05, 4.69) is 20.6 Å². The molecule has 0 bridgehead atoms. The van der Waals surface area contributed by atoms with Gasteiger partial charge in [-0.05, 0) is 81.8 Å². The number of aromatic nitrogens is 2. The van der Waals surface area contributed by atoms with E-state index in [9.17, 15) is 29.1 Å². The predicted molar refractivity (Wildman–Crippen MR) is 220 cm³/mol. The van der Waals surface area contributed by atoms with Crippen LogP contribution in [0.5, 0.6) is 11.8 Å². The lowest BCUT2D eigenvalue weighted by Crippen LogP contribution is -2.51. The molecular weight excluding hydrogens is 745 g/mol. The lowest BCUT2D eigenvalue weighted by Gasteiger charge is -2.27. The molecule has 58 heavy (non-hydrogen) atoms. The Morgan fingerprint density at radius 1 is 0.638 bits per heavy atom. The Bertz CT molecular complexity index is 2090. The number of hydrogen-bond acceptors (Lipinski definition) is 12. The Balaban J connectivity index is 0.000000310. The molecule has 2 aromatic carbocycles. The van der Waals surface area contributed by atoms with Crippen molar-refractivity contribution in [2.45, 2.75) is 87.4 Å². The van der Waals surface area contributed by atoms with Crippen molar-refractivity contribution < 1.29 is 48.0 Å². The molecule has 0 saturated carbocycles. The summed E-state index contributed by atoms with van der Waals surface area (Å²) in [5.41, 5.74) is -0.382. The average Bonchev–Trinajstić information content (AvgIpc) is 3.18. The fourth-order valence-electron chi connectivity index (χ4n) is 5.46. The van der Waals surface area contributed by atoms with Crippen LogP contribution in [0.2, 0.25) is 0 Å². The number of aliphatic hydroxyl groups is 1. The molecule has 0 aliphatic heterocycles. The van der Waals surface area contributed by atoms with Crippen molar-refractivity contribution in [2.24, 2.45) is 22.7 Å². The number of Topliss-reactive ketones (excluding diaryl/α,β-unsaturated/α-hetero) is 1. The summed E-state index contributed by atoms with van der Waals surface area (Å²) in [5, 5.41) is 18.8. The summed E-state index contributed by atoms with van der Waals surface area (Å²) < 4.78 is 21.1. The van der Waals surface area contributed by atoms with Gasteiger partial charge >= 0.3 is 11.9 Å². The van der Waals surface area contributed by atoms with Crippen LogP contribution in [0.15, 0.2) is 60.9 Å². The van der Waals surface area contributed by atoms with Crippen LogP contribution in [-0.2, 0) is 28.7 Å². The maximum Gasteiger partial charge on any atom is 0.328 e. The van der Waals surface area contributed by atoms with Gasteiger partial charge in [0.1, 0.15) is 25.3 Å². The molecule has 4 aromatic rings. The second kappa shape index (κ2) is 20.2. The van der Waals surface area contributed by atoms with E-state index in [0.717, 1.165) is 27.1 Å². The molecule has 2 amide bonds. The van der Waals surface area contributed by atoms with Gasteiger partial charge in [-0.3, -0.25) is 14.4 Å². The van der Waals surface area contributed by atoms with Crippen molar-refractivity contribution in [1.82, 2.24) is 20.6 Å². The van der Waals surface area contributed by atoms with E-state index in [1.54, 1.807) is 71.3 Å². The number of rotatable bonds is 16. The third-order valence-corrected chi connectivity index (χ3v) is 9.51. The number of ether oxygens (including phenoxy) is 4. The third-order valence-electron chi connectivity index (χ3n) is 9.51. The van der Waals surface area contributed by atoms with E-state index < -0.39 is 41.0 Å². The molecule has 0 radical (unpaired) electrons. The highest BCUT2D eigenvalue weighted by atomic mass is 16.5. The zero-order chi connectivity index (χ0) is 43.5. The highest BCUT2D eigenvalue weighted by Gasteiger charge is 2.35. The Morgan fingerprint density at radius 3 is 1.43 bits per heavy atom. The highest BCUT2D eigenvalue weighted by Crippen LogP contribution is 2.26. The Morgan fingerprint density at radius 2 is 1.05 bits per heavy atom. The quantitative estimate of drug-likeness (QED) is 0.0865. The summed E-state index contributed by atoms with van der Waals surface area (Å²) in [6.07, 6.45) is 2.78. The number of benzene rings is 2. The van der Waals surface area contributed by atoms with Gasteiger partial charge in [-0.1, -0.05) is 52.0 Å². The summed E-state index contributed by atoms with van der Waals surface area (Å²) in [4.78, 5) is 69.3. The third kappa shape index (κ3) is 12.7. The minimum Gasteiger partial charge on any atom is -0.477 e. The van der Waals surface area contributed by atoms with Gasteiger partial charge in [0.25, 0.3) is 0 Å². The highest BCUT2D eigenvalue weighted by molar-refractivity contribution is 5.98. The van der Waals surface area contributed by atoms with Crippen LogP contribution in [0.1, 0.15) is 91.3 Å². The van der Waals surface area contributed by atoms with E-state index in [0.29, 0.717) is 17.3 Å². The van der Waals surface area contributed by atoms with E-state index in [4.69, 9.17) is 18.9 Å². The molecular formula is C44H58N4O10. The second-order valence-electron chi connectivity index (χ2n) is 16.2. The summed E-state index contributed by atoms with van der Waals surface area (Å²) in [6, 6.07) is 13.1. The van der Waals surface area contributed by atoms with E-state index >= 15 is 0 Å². The molecule has 0 aliphatic carbocycles. The van der Waals surface area contributed by atoms with Crippen LogP contribution < -0.4 is 20.1 Å². The largest absolute Gasteiger partial charge is 0.477 e. The van der Waals surface area contributed by atoms with Gasteiger partial charge in [0.2, 0.25) is 23.6 Å². The van der Waals surface area contributed by atoms with Crippen LogP contribution in [0.25, 0.3) is 21.5 Å². The first kappa shape index (κ1) is 46.8. The fraction of sp³-hybridized carbons (Fsp3) is 0.477. The minimum absolute atomic E-state index is 0.0192. The first-order chi connectivity index (χ1) is 27.1. The zero-order valence-corrected chi connectivity index (χ0v) is 35.6. The smallest absolute Gasteiger partial charge is 0.328 e. The molecule has 3 N–H and O–H groups in total. The first-order valence-electron chi connectivity index (χ1n) is 19.1. The number of methoxy groups -OCH3 is 2. The molecule has 14 heteroatoms. The number of aliphatic hydroxyl groups excluding tert-OH is 1. The molecule has 14 nitrogen and oxygen atoms in total. The predicted octanol–water partition coefficient (Wildman–Crippen LogP) is 6.16. The number of nitrogens with one attached hydrogen (secondary N) is 2. The normalized spacial score (nSPS) is 13.2. The molecule has 0 aliphatic rings. The molecule has 2 aromatic heterocycles. The number of carbonyl (C=O) groups is 5. The van der Waals surface area contributed by atoms with E-state index in [1.807, 2.05) is 52.0 Å². The Kier molecular flexibility index (Phi) is 16.3. The minimum atomic E-state index is -0.904. The summed E-state index contributed by atoms with van der Waals surface area (Å²) >= 11 is 0. The first-order valence-corrected chi connectivity index (χ1v) is 19.1. The Hall–Kier alpha value is -5.63. The summed E-state index contributed by atoms with van der Waals surface area (Å²) in [7, 11) is 2.59. The SMILES string of the molecule is COC(=O)[C@@H](NC(=O)C(C)(C)COc1cc2cc(C(C)=O)ccc2cn1)C(C)C.COC(=O)[C@@H](NC(=O)C(C)(C)COc1cc2cc([C@@H](C)O)ccc2cn1)C(C)C. The number of nitrogens with zero attached hydrogens (tertiary/aromatic N) is 2. The molecule has 0 fully saturated rings. The van der Waals surface area contributed by atoms with Crippen molar-refractivity contribution in [1.29, 1.82) is 0 Å². The molecule has 2 heterocycles. The number of hydrogen-bond donors (Lipinski definition) is 3. The van der Waals surface area contributed by atoms with Crippen molar-refractivity contribution in [2.75, 3.05) is 27.4 Å². The van der Waals surface area contributed by atoms with Crippen LogP contribution in [0.4, 0.5) is 0 Å². The van der Waals surface area contributed by atoms with Crippen molar-refractivity contribution >= 4 is 51.1 Å². The zero-order valence-electron chi connectivity index (χ0n) is 35.6. The van der Waals surface area contributed by atoms with Gasteiger partial charge in [0.15, 0.2) is 5.78 Å². The van der Waals surface area contributed by atoms with Gasteiger partial charge in [0, 0.05) is 40.9 Å². The summed E-state index contributed by atoms with van der Waals surface area (Å²) in [6.45, 7) is 17.6. The van der Waals surface area contributed by atoms with Crippen LogP contribution in [-0.4, -0.2) is 84.1 Å². The van der Waals surface area contributed by atoms with Gasteiger partial charge < -0.3 is 34.7 Å². The molecule has 314 valence electrons. The fourth-order valence-corrected chi connectivity index (χ4v) is 5.46. The standard InChI is InChI=1S/C22H30N2O5.C22H28N2O5/c2*1-13(2)19(20(26)28-6)24-21(27)22(4,5)12-29-18-10-17-9-15(14(3)25)7-8-16(17)11-23-18/h7-11,13-14,19,25H,12H2,1-6H3,(H,24,27);7-11,13,19H,12H2,1-6H3,(H,24,27)/t14-,19+;19-/m10/s1. The lowest BCUT2D eigenvalue weighted by molar-refractivity contribution is -0.148. The van der Waals surface area contributed by atoms with Crippen LogP contribution in [0, 0.1) is 22.7 Å². The van der Waals surface area contributed by atoms with Crippen molar-refractivity contribution in [3.8, 4) is 11.8 Å². The van der Waals surface area contributed by atoms with Gasteiger partial charge in [-0.15, -0.1) is 0 Å². The molecule has 3 atom stereocenters. The molecule has 0 spiro atoms. The van der Waals surface area contributed by atoms with Gasteiger partial charge in [0.05, 0.1) is 31.2 Å². The van der Waals surface area contributed by atoms with Crippen LogP contribution >= 0.6 is 0 Å².